The van der Waals surface area contributed by atoms with Gasteiger partial charge in [-0.15, -0.1) is 0 Å². The lowest BCUT2D eigenvalue weighted by Gasteiger charge is -2.22. The van der Waals surface area contributed by atoms with Gasteiger partial charge < -0.3 is 5.32 Å². The molecule has 16 heavy (non-hydrogen) atoms. The highest BCUT2D eigenvalue weighted by Crippen LogP contribution is 2.15. The van der Waals surface area contributed by atoms with Gasteiger partial charge >= 0.3 is 0 Å². The van der Waals surface area contributed by atoms with Gasteiger partial charge in [-0.05, 0) is 12.5 Å². The van der Waals surface area contributed by atoms with E-state index in [4.69, 9.17) is 0 Å². The largest absolute Gasteiger partial charge is 0.312 e. The van der Waals surface area contributed by atoms with Crippen LogP contribution in [0.2, 0.25) is 0 Å². The number of thioether (sulfide) groups is 1. The molecule has 0 amide bonds. The van der Waals surface area contributed by atoms with Crippen molar-refractivity contribution in [3.63, 3.8) is 0 Å². The molecular formula is C13H17NOS. The van der Waals surface area contributed by atoms with Crippen LogP contribution in [0.1, 0.15) is 22.3 Å². The maximum atomic E-state index is 12.1. The van der Waals surface area contributed by atoms with Crippen LogP contribution in [-0.2, 0) is 0 Å². The molecule has 0 radical (unpaired) electrons. The van der Waals surface area contributed by atoms with Gasteiger partial charge in [0.15, 0.2) is 5.78 Å². The zero-order valence-corrected chi connectivity index (χ0v) is 10.3. The lowest BCUT2D eigenvalue weighted by molar-refractivity contribution is 0.0971. The summed E-state index contributed by atoms with van der Waals surface area (Å²) >= 11 is 1.93. The molecule has 1 fully saturated rings. The van der Waals surface area contributed by atoms with Crippen LogP contribution in [0.3, 0.4) is 0 Å². The van der Waals surface area contributed by atoms with E-state index in [1.54, 1.807) is 0 Å². The van der Waals surface area contributed by atoms with E-state index in [1.807, 2.05) is 43.0 Å². The number of hydrogen-bond acceptors (Lipinski definition) is 3. The number of aryl methyl sites for hydroxylation is 1. The van der Waals surface area contributed by atoms with Crippen LogP contribution < -0.4 is 5.32 Å². The van der Waals surface area contributed by atoms with Crippen molar-refractivity contribution >= 4 is 17.5 Å². The van der Waals surface area contributed by atoms with Crippen molar-refractivity contribution in [1.82, 2.24) is 5.32 Å². The van der Waals surface area contributed by atoms with E-state index in [0.717, 1.165) is 29.2 Å². The average molecular weight is 235 g/mol. The second kappa shape index (κ2) is 5.51. The van der Waals surface area contributed by atoms with Crippen LogP contribution in [0.25, 0.3) is 0 Å². The lowest BCUT2D eigenvalue weighted by Crippen LogP contribution is -2.38. The normalized spacial score (nSPS) is 20.7. The predicted molar refractivity (Wildman–Crippen MR) is 69.2 cm³/mol. The van der Waals surface area contributed by atoms with Gasteiger partial charge in [-0.2, -0.15) is 11.8 Å². The Labute approximate surface area is 101 Å². The second-order valence-electron chi connectivity index (χ2n) is 4.17. The molecule has 1 N–H and O–H groups in total. The highest BCUT2D eigenvalue weighted by molar-refractivity contribution is 7.99. The summed E-state index contributed by atoms with van der Waals surface area (Å²) in [5.74, 6) is 2.48. The highest BCUT2D eigenvalue weighted by Gasteiger charge is 2.18. The summed E-state index contributed by atoms with van der Waals surface area (Å²) in [5, 5.41) is 3.40. The standard InChI is InChI=1S/C13H17NOS/c1-10-4-2-3-5-12(10)13(15)8-11-9-16-7-6-14-11/h2-5,11,14H,6-9H2,1H3. The number of hydrogen-bond donors (Lipinski definition) is 1. The third-order valence-corrected chi connectivity index (χ3v) is 4.01. The first-order valence-corrected chi connectivity index (χ1v) is 6.83. The van der Waals surface area contributed by atoms with Crippen molar-refractivity contribution < 1.29 is 4.79 Å². The second-order valence-corrected chi connectivity index (χ2v) is 5.32. The van der Waals surface area contributed by atoms with E-state index in [-0.39, 0.29) is 5.78 Å². The van der Waals surface area contributed by atoms with Crippen LogP contribution >= 0.6 is 11.8 Å². The molecule has 1 aromatic carbocycles. The van der Waals surface area contributed by atoms with Crippen molar-refractivity contribution in [1.29, 1.82) is 0 Å². The zero-order chi connectivity index (χ0) is 11.4. The Morgan fingerprint density at radius 1 is 1.50 bits per heavy atom. The first-order chi connectivity index (χ1) is 7.77. The molecule has 1 unspecified atom stereocenters. The molecule has 0 spiro atoms. The Hall–Kier alpha value is -0.800. The quantitative estimate of drug-likeness (QED) is 0.815. The number of ketones is 1. The molecule has 2 rings (SSSR count). The fourth-order valence-corrected chi connectivity index (χ4v) is 2.92. The maximum Gasteiger partial charge on any atom is 0.164 e. The van der Waals surface area contributed by atoms with Gasteiger partial charge in [-0.1, -0.05) is 24.3 Å². The first-order valence-electron chi connectivity index (χ1n) is 5.67. The lowest BCUT2D eigenvalue weighted by atomic mass is 10.00. The molecule has 0 saturated carbocycles. The van der Waals surface area contributed by atoms with Gasteiger partial charge in [-0.3, -0.25) is 4.79 Å². The van der Waals surface area contributed by atoms with Gasteiger partial charge in [0.1, 0.15) is 0 Å². The van der Waals surface area contributed by atoms with E-state index >= 15 is 0 Å². The summed E-state index contributed by atoms with van der Waals surface area (Å²) in [6.07, 6.45) is 0.623. The Kier molecular flexibility index (Phi) is 4.02. The van der Waals surface area contributed by atoms with Crippen molar-refractivity contribution in [2.45, 2.75) is 19.4 Å². The minimum atomic E-state index is 0.262. The summed E-state index contributed by atoms with van der Waals surface area (Å²) in [4.78, 5) is 12.1. The number of benzene rings is 1. The molecule has 3 heteroatoms. The number of nitrogens with one attached hydrogen (secondary N) is 1. The molecule has 2 nitrogen and oxygen atoms in total. The SMILES string of the molecule is Cc1ccccc1C(=O)CC1CSCCN1. The summed E-state index contributed by atoms with van der Waals surface area (Å²) in [5.41, 5.74) is 1.95. The van der Waals surface area contributed by atoms with Crippen LogP contribution in [0.4, 0.5) is 0 Å². The maximum absolute atomic E-state index is 12.1. The Morgan fingerprint density at radius 2 is 2.31 bits per heavy atom. The fourth-order valence-electron chi connectivity index (χ4n) is 1.97. The van der Waals surface area contributed by atoms with Crippen molar-refractivity contribution in [3.05, 3.63) is 35.4 Å². The molecule has 1 aliphatic heterocycles. The van der Waals surface area contributed by atoms with Crippen LogP contribution in [0.15, 0.2) is 24.3 Å². The van der Waals surface area contributed by atoms with Crippen LogP contribution in [-0.4, -0.2) is 29.9 Å². The molecule has 1 heterocycles. The van der Waals surface area contributed by atoms with Crippen LogP contribution in [0, 0.1) is 6.92 Å². The molecule has 0 aromatic heterocycles. The Morgan fingerprint density at radius 3 is 3.00 bits per heavy atom. The molecule has 0 aliphatic carbocycles. The molecular weight excluding hydrogens is 218 g/mol. The summed E-state index contributed by atoms with van der Waals surface area (Å²) < 4.78 is 0. The van der Waals surface area contributed by atoms with E-state index in [0.29, 0.717) is 12.5 Å². The zero-order valence-electron chi connectivity index (χ0n) is 9.53. The number of carbonyl (C=O) groups excluding carboxylic acids is 1. The van der Waals surface area contributed by atoms with Gasteiger partial charge in [0, 0.05) is 36.1 Å². The summed E-state index contributed by atoms with van der Waals surface area (Å²) in [6.45, 7) is 3.02. The molecule has 1 saturated heterocycles. The van der Waals surface area contributed by atoms with E-state index in [9.17, 15) is 4.79 Å². The van der Waals surface area contributed by atoms with E-state index < -0.39 is 0 Å². The number of carbonyl (C=O) groups is 1. The van der Waals surface area contributed by atoms with Gasteiger partial charge in [0.25, 0.3) is 0 Å². The first kappa shape index (κ1) is 11.7. The molecule has 86 valence electrons. The third kappa shape index (κ3) is 2.86. The number of Topliss-reactive ketones (excluding diaryl/α,β-unsaturated/α-hetero) is 1. The van der Waals surface area contributed by atoms with Gasteiger partial charge in [0.2, 0.25) is 0 Å². The summed E-state index contributed by atoms with van der Waals surface area (Å²) in [7, 11) is 0. The minimum Gasteiger partial charge on any atom is -0.312 e. The summed E-state index contributed by atoms with van der Waals surface area (Å²) in [6, 6.07) is 8.18. The predicted octanol–water partition coefficient (Wildman–Crippen LogP) is 2.27. The Bertz CT molecular complexity index is 372. The molecule has 1 atom stereocenters. The topological polar surface area (TPSA) is 29.1 Å². The van der Waals surface area contributed by atoms with E-state index in [2.05, 4.69) is 5.32 Å². The third-order valence-electron chi connectivity index (χ3n) is 2.88. The molecule has 0 bridgehead atoms. The van der Waals surface area contributed by atoms with Crippen molar-refractivity contribution in [2.75, 3.05) is 18.1 Å². The monoisotopic (exact) mass is 235 g/mol. The van der Waals surface area contributed by atoms with Crippen molar-refractivity contribution in [3.8, 4) is 0 Å². The van der Waals surface area contributed by atoms with Crippen molar-refractivity contribution in [2.24, 2.45) is 0 Å². The molecule has 1 aliphatic rings. The fraction of sp³-hybridized carbons (Fsp3) is 0.462. The van der Waals surface area contributed by atoms with Crippen LogP contribution in [0.5, 0.6) is 0 Å². The average Bonchev–Trinajstić information content (AvgIpc) is 2.31. The van der Waals surface area contributed by atoms with Gasteiger partial charge in [-0.25, -0.2) is 0 Å². The highest BCUT2D eigenvalue weighted by atomic mass is 32.2. The van der Waals surface area contributed by atoms with E-state index in [1.165, 1.54) is 0 Å². The number of rotatable bonds is 3. The molecule has 1 aromatic rings. The minimum absolute atomic E-state index is 0.262. The Balaban J connectivity index is 2.00. The van der Waals surface area contributed by atoms with Gasteiger partial charge in [0.05, 0.1) is 0 Å². The smallest absolute Gasteiger partial charge is 0.164 e.